The van der Waals surface area contributed by atoms with E-state index in [2.05, 4.69) is 4.98 Å². The summed E-state index contributed by atoms with van der Waals surface area (Å²) < 4.78 is 1.14. The number of carbonyl (C=O) groups excluding carboxylic acids is 1. The zero-order valence-electron chi connectivity index (χ0n) is 11.1. The first-order valence-corrected chi connectivity index (χ1v) is 7.37. The molecule has 0 aliphatic carbocycles. The van der Waals surface area contributed by atoms with E-state index in [0.29, 0.717) is 6.54 Å². The standard InChI is InChI=1S/C16H14N2OS/c1-2-18(12-7-9-17-10-8-12)16(19)14-11-20-15-6-4-3-5-13(14)15/h3-11H,2H2,1H3. The van der Waals surface area contributed by atoms with Crippen LogP contribution in [-0.2, 0) is 0 Å². The van der Waals surface area contributed by atoms with Crippen molar-refractivity contribution in [1.82, 2.24) is 4.98 Å². The Hall–Kier alpha value is -2.20. The summed E-state index contributed by atoms with van der Waals surface area (Å²) in [7, 11) is 0. The topological polar surface area (TPSA) is 33.2 Å². The Kier molecular flexibility index (Phi) is 3.48. The smallest absolute Gasteiger partial charge is 0.259 e. The van der Waals surface area contributed by atoms with Crippen LogP contribution in [0.5, 0.6) is 0 Å². The van der Waals surface area contributed by atoms with Gasteiger partial charge >= 0.3 is 0 Å². The molecule has 0 saturated heterocycles. The zero-order chi connectivity index (χ0) is 13.9. The van der Waals surface area contributed by atoms with Crippen molar-refractivity contribution in [2.75, 3.05) is 11.4 Å². The highest BCUT2D eigenvalue weighted by atomic mass is 32.1. The lowest BCUT2D eigenvalue weighted by molar-refractivity contribution is 0.0990. The summed E-state index contributed by atoms with van der Waals surface area (Å²) in [5.41, 5.74) is 1.65. The van der Waals surface area contributed by atoms with Gasteiger partial charge in [0.1, 0.15) is 0 Å². The summed E-state index contributed by atoms with van der Waals surface area (Å²) >= 11 is 1.61. The van der Waals surface area contributed by atoms with E-state index in [9.17, 15) is 4.79 Å². The van der Waals surface area contributed by atoms with Gasteiger partial charge in [0, 0.05) is 40.1 Å². The van der Waals surface area contributed by atoms with Crippen molar-refractivity contribution in [3.8, 4) is 0 Å². The van der Waals surface area contributed by atoms with Crippen molar-refractivity contribution in [1.29, 1.82) is 0 Å². The molecule has 2 heterocycles. The Bertz CT molecular complexity index is 736. The molecule has 0 N–H and O–H groups in total. The normalized spacial score (nSPS) is 10.7. The third-order valence-electron chi connectivity index (χ3n) is 3.25. The lowest BCUT2D eigenvalue weighted by atomic mass is 10.1. The van der Waals surface area contributed by atoms with E-state index in [-0.39, 0.29) is 5.91 Å². The van der Waals surface area contributed by atoms with Crippen LogP contribution in [0.1, 0.15) is 17.3 Å². The minimum absolute atomic E-state index is 0.0381. The molecule has 1 amide bonds. The van der Waals surface area contributed by atoms with Gasteiger partial charge in [-0.2, -0.15) is 0 Å². The van der Waals surface area contributed by atoms with Crippen LogP contribution in [0.2, 0.25) is 0 Å². The van der Waals surface area contributed by atoms with Gasteiger partial charge in [-0.3, -0.25) is 9.78 Å². The number of thiophene rings is 1. The first-order chi connectivity index (χ1) is 9.81. The summed E-state index contributed by atoms with van der Waals surface area (Å²) in [5, 5.41) is 2.96. The predicted molar refractivity (Wildman–Crippen MR) is 83.4 cm³/mol. The molecule has 20 heavy (non-hydrogen) atoms. The number of amides is 1. The average Bonchev–Trinajstić information content (AvgIpc) is 2.93. The molecule has 2 aromatic heterocycles. The number of benzene rings is 1. The van der Waals surface area contributed by atoms with E-state index in [4.69, 9.17) is 0 Å². The number of nitrogens with zero attached hydrogens (tertiary/aromatic N) is 2. The first kappa shape index (κ1) is 12.8. The van der Waals surface area contributed by atoms with Crippen LogP contribution < -0.4 is 4.90 Å². The van der Waals surface area contributed by atoms with E-state index in [1.807, 2.05) is 48.7 Å². The number of hydrogen-bond donors (Lipinski definition) is 0. The van der Waals surface area contributed by atoms with E-state index in [1.54, 1.807) is 28.6 Å². The lowest BCUT2D eigenvalue weighted by Crippen LogP contribution is -2.30. The summed E-state index contributed by atoms with van der Waals surface area (Å²) in [4.78, 5) is 18.5. The summed E-state index contributed by atoms with van der Waals surface area (Å²) in [5.74, 6) is 0.0381. The van der Waals surface area contributed by atoms with E-state index in [1.165, 1.54) is 0 Å². The van der Waals surface area contributed by atoms with Gasteiger partial charge in [-0.25, -0.2) is 0 Å². The monoisotopic (exact) mass is 282 g/mol. The van der Waals surface area contributed by atoms with Crippen LogP contribution in [0, 0.1) is 0 Å². The zero-order valence-corrected chi connectivity index (χ0v) is 11.9. The molecule has 0 fully saturated rings. The first-order valence-electron chi connectivity index (χ1n) is 6.49. The molecule has 100 valence electrons. The average molecular weight is 282 g/mol. The van der Waals surface area contributed by atoms with Gasteiger partial charge in [0.2, 0.25) is 0 Å². The van der Waals surface area contributed by atoms with Crippen molar-refractivity contribution in [3.05, 3.63) is 59.7 Å². The molecule has 1 aromatic carbocycles. The number of anilines is 1. The van der Waals surface area contributed by atoms with Gasteiger partial charge in [0.25, 0.3) is 5.91 Å². The molecule has 3 nitrogen and oxygen atoms in total. The Morgan fingerprint density at radius 2 is 1.95 bits per heavy atom. The second-order valence-corrected chi connectivity index (χ2v) is 5.31. The number of hydrogen-bond acceptors (Lipinski definition) is 3. The quantitative estimate of drug-likeness (QED) is 0.728. The Balaban J connectivity index is 2.03. The maximum atomic E-state index is 12.8. The second-order valence-electron chi connectivity index (χ2n) is 4.40. The van der Waals surface area contributed by atoms with Gasteiger partial charge < -0.3 is 4.90 Å². The molecular formula is C16H14N2OS. The molecule has 0 unspecified atom stereocenters. The van der Waals surface area contributed by atoms with E-state index >= 15 is 0 Å². The van der Waals surface area contributed by atoms with Crippen LogP contribution in [0.25, 0.3) is 10.1 Å². The third kappa shape index (κ3) is 2.18. The van der Waals surface area contributed by atoms with Crippen LogP contribution in [-0.4, -0.2) is 17.4 Å². The molecule has 0 atom stereocenters. The fourth-order valence-electron chi connectivity index (χ4n) is 2.26. The summed E-state index contributed by atoms with van der Waals surface area (Å²) in [6.07, 6.45) is 3.41. The molecule has 0 aliphatic heterocycles. The maximum Gasteiger partial charge on any atom is 0.259 e. The highest BCUT2D eigenvalue weighted by Gasteiger charge is 2.19. The SMILES string of the molecule is CCN(C(=O)c1csc2ccccc12)c1ccncc1. The van der Waals surface area contributed by atoms with E-state index < -0.39 is 0 Å². The summed E-state index contributed by atoms with van der Waals surface area (Å²) in [6.45, 7) is 2.61. The number of rotatable bonds is 3. The molecule has 0 aliphatic rings. The van der Waals surface area contributed by atoms with Gasteiger partial charge in [0.05, 0.1) is 5.56 Å². The Morgan fingerprint density at radius 3 is 2.70 bits per heavy atom. The maximum absolute atomic E-state index is 12.8. The van der Waals surface area contributed by atoms with Crippen molar-refractivity contribution < 1.29 is 4.79 Å². The second kappa shape index (κ2) is 5.43. The molecule has 0 spiro atoms. The predicted octanol–water partition coefficient (Wildman–Crippen LogP) is 3.96. The number of aromatic nitrogens is 1. The molecule has 0 radical (unpaired) electrons. The fraction of sp³-hybridized carbons (Fsp3) is 0.125. The number of carbonyl (C=O) groups is 1. The van der Waals surface area contributed by atoms with Gasteiger partial charge in [-0.15, -0.1) is 11.3 Å². The largest absolute Gasteiger partial charge is 0.308 e. The molecule has 4 heteroatoms. The lowest BCUT2D eigenvalue weighted by Gasteiger charge is -2.20. The van der Waals surface area contributed by atoms with Crippen LogP contribution >= 0.6 is 11.3 Å². The minimum atomic E-state index is 0.0381. The van der Waals surface area contributed by atoms with Crippen molar-refractivity contribution >= 4 is 33.0 Å². The number of fused-ring (bicyclic) bond motifs is 1. The number of pyridine rings is 1. The third-order valence-corrected chi connectivity index (χ3v) is 4.21. The van der Waals surface area contributed by atoms with Crippen molar-refractivity contribution in [2.45, 2.75) is 6.92 Å². The van der Waals surface area contributed by atoms with Gasteiger partial charge in [0.15, 0.2) is 0 Å². The molecule has 3 rings (SSSR count). The molecule has 3 aromatic rings. The highest BCUT2D eigenvalue weighted by molar-refractivity contribution is 7.17. The molecule has 0 bridgehead atoms. The Labute approximate surface area is 121 Å². The minimum Gasteiger partial charge on any atom is -0.308 e. The molecular weight excluding hydrogens is 268 g/mol. The van der Waals surface area contributed by atoms with Crippen molar-refractivity contribution in [3.63, 3.8) is 0 Å². The van der Waals surface area contributed by atoms with Crippen molar-refractivity contribution in [2.24, 2.45) is 0 Å². The highest BCUT2D eigenvalue weighted by Crippen LogP contribution is 2.28. The summed E-state index contributed by atoms with van der Waals surface area (Å²) in [6, 6.07) is 11.7. The van der Waals surface area contributed by atoms with Crippen LogP contribution in [0.4, 0.5) is 5.69 Å². The van der Waals surface area contributed by atoms with Gasteiger partial charge in [-0.1, -0.05) is 18.2 Å². The van der Waals surface area contributed by atoms with Crippen LogP contribution in [0.15, 0.2) is 54.2 Å². The fourth-order valence-corrected chi connectivity index (χ4v) is 3.19. The van der Waals surface area contributed by atoms with Gasteiger partial charge in [-0.05, 0) is 25.1 Å². The molecule has 0 saturated carbocycles. The Morgan fingerprint density at radius 1 is 1.20 bits per heavy atom. The van der Waals surface area contributed by atoms with Crippen LogP contribution in [0.3, 0.4) is 0 Å². The van der Waals surface area contributed by atoms with E-state index in [0.717, 1.165) is 21.3 Å².